The minimum absolute atomic E-state index is 0.000903. The van der Waals surface area contributed by atoms with Crippen LogP contribution < -0.4 is 5.32 Å². The minimum Gasteiger partial charge on any atom is -0.396 e. The predicted molar refractivity (Wildman–Crippen MR) is 75.8 cm³/mol. The van der Waals surface area contributed by atoms with E-state index in [0.29, 0.717) is 12.2 Å². The Morgan fingerprint density at radius 3 is 2.50 bits per heavy atom. The molecule has 0 aliphatic carbocycles. The van der Waals surface area contributed by atoms with Gasteiger partial charge in [0.2, 0.25) is 5.91 Å². The lowest BCUT2D eigenvalue weighted by Gasteiger charge is -2.25. The van der Waals surface area contributed by atoms with Crippen LogP contribution in [0.2, 0.25) is 0 Å². The lowest BCUT2D eigenvalue weighted by atomic mass is 10.0. The second-order valence-electron chi connectivity index (χ2n) is 5.01. The quantitative estimate of drug-likeness (QED) is 0.778. The summed E-state index contributed by atoms with van der Waals surface area (Å²) in [6.07, 6.45) is 0.563. The van der Waals surface area contributed by atoms with Gasteiger partial charge in [0.05, 0.1) is 5.75 Å². The van der Waals surface area contributed by atoms with E-state index in [-0.39, 0.29) is 18.1 Å². The monoisotopic (exact) mass is 267 g/mol. The van der Waals surface area contributed by atoms with Gasteiger partial charge in [0.15, 0.2) is 0 Å². The summed E-state index contributed by atoms with van der Waals surface area (Å²) in [6.45, 7) is 5.95. The number of thioether (sulfide) groups is 1. The molecule has 100 valence electrons. The number of carbonyl (C=O) groups is 1. The molecule has 1 rings (SSSR count). The highest BCUT2D eigenvalue weighted by molar-refractivity contribution is 8.00. The van der Waals surface area contributed by atoms with Gasteiger partial charge in [-0.05, 0) is 39.3 Å². The third kappa shape index (κ3) is 5.56. The van der Waals surface area contributed by atoms with Crippen molar-refractivity contribution in [1.82, 2.24) is 5.32 Å². The number of rotatable bonds is 6. The number of amides is 1. The predicted octanol–water partition coefficient (Wildman–Crippen LogP) is 2.36. The van der Waals surface area contributed by atoms with Crippen molar-refractivity contribution in [3.05, 3.63) is 29.8 Å². The smallest absolute Gasteiger partial charge is 0.230 e. The third-order valence-corrected chi connectivity index (χ3v) is 3.62. The topological polar surface area (TPSA) is 49.3 Å². The Labute approximate surface area is 113 Å². The number of aryl methyl sites for hydroxylation is 1. The first-order chi connectivity index (χ1) is 8.43. The molecule has 0 aliphatic rings. The maximum absolute atomic E-state index is 11.8. The van der Waals surface area contributed by atoms with E-state index in [1.165, 1.54) is 17.3 Å². The zero-order valence-corrected chi connectivity index (χ0v) is 12.0. The molecule has 0 radical (unpaired) electrons. The molecule has 0 saturated heterocycles. The highest BCUT2D eigenvalue weighted by atomic mass is 32.2. The molecule has 1 aromatic carbocycles. The second kappa shape index (κ2) is 6.81. The van der Waals surface area contributed by atoms with E-state index in [9.17, 15) is 4.79 Å². The minimum atomic E-state index is -0.348. The molecule has 0 aliphatic heterocycles. The van der Waals surface area contributed by atoms with Gasteiger partial charge in [-0.15, -0.1) is 11.8 Å². The number of nitrogens with one attached hydrogen (secondary N) is 1. The molecule has 0 fully saturated rings. The summed E-state index contributed by atoms with van der Waals surface area (Å²) in [4.78, 5) is 12.9. The number of aliphatic hydroxyl groups is 1. The normalized spacial score (nSPS) is 11.3. The van der Waals surface area contributed by atoms with Crippen molar-refractivity contribution in [3.8, 4) is 0 Å². The summed E-state index contributed by atoms with van der Waals surface area (Å²) < 4.78 is 0. The van der Waals surface area contributed by atoms with Gasteiger partial charge in [0, 0.05) is 17.0 Å². The highest BCUT2D eigenvalue weighted by Gasteiger charge is 2.19. The Morgan fingerprint density at radius 2 is 1.94 bits per heavy atom. The summed E-state index contributed by atoms with van der Waals surface area (Å²) in [5, 5.41) is 11.8. The summed E-state index contributed by atoms with van der Waals surface area (Å²) in [7, 11) is 0. The molecule has 0 heterocycles. The Kier molecular flexibility index (Phi) is 5.69. The molecule has 0 unspecified atom stereocenters. The van der Waals surface area contributed by atoms with E-state index in [4.69, 9.17) is 5.11 Å². The molecule has 1 amide bonds. The second-order valence-corrected chi connectivity index (χ2v) is 6.06. The fourth-order valence-electron chi connectivity index (χ4n) is 1.54. The van der Waals surface area contributed by atoms with Gasteiger partial charge < -0.3 is 10.4 Å². The van der Waals surface area contributed by atoms with Gasteiger partial charge in [-0.1, -0.05) is 17.7 Å². The SMILES string of the molecule is Cc1ccc(SCC(=O)NC(C)(C)CCO)cc1. The van der Waals surface area contributed by atoms with Crippen LogP contribution in [0.1, 0.15) is 25.8 Å². The molecule has 18 heavy (non-hydrogen) atoms. The first-order valence-electron chi connectivity index (χ1n) is 6.04. The van der Waals surface area contributed by atoms with Crippen LogP contribution in [0, 0.1) is 6.92 Å². The molecule has 0 bridgehead atoms. The van der Waals surface area contributed by atoms with Crippen molar-refractivity contribution in [2.75, 3.05) is 12.4 Å². The van der Waals surface area contributed by atoms with Crippen LogP contribution in [0.5, 0.6) is 0 Å². The highest BCUT2D eigenvalue weighted by Crippen LogP contribution is 2.18. The number of benzene rings is 1. The Bertz CT molecular complexity index is 387. The third-order valence-electron chi connectivity index (χ3n) is 2.61. The summed E-state index contributed by atoms with van der Waals surface area (Å²) in [5.74, 6) is 0.400. The van der Waals surface area contributed by atoms with Crippen molar-refractivity contribution < 1.29 is 9.90 Å². The molecule has 0 saturated carbocycles. The Hall–Kier alpha value is -1.00. The van der Waals surface area contributed by atoms with Crippen molar-refractivity contribution >= 4 is 17.7 Å². The van der Waals surface area contributed by atoms with Crippen LogP contribution in [-0.4, -0.2) is 28.9 Å². The zero-order valence-electron chi connectivity index (χ0n) is 11.2. The number of aliphatic hydroxyl groups excluding tert-OH is 1. The molecule has 2 N–H and O–H groups in total. The van der Waals surface area contributed by atoms with E-state index in [1.54, 1.807) is 0 Å². The molecular formula is C14H21NO2S. The van der Waals surface area contributed by atoms with Crippen LogP contribution >= 0.6 is 11.8 Å². The number of hydrogen-bond acceptors (Lipinski definition) is 3. The van der Waals surface area contributed by atoms with Crippen LogP contribution in [0.25, 0.3) is 0 Å². The summed E-state index contributed by atoms with van der Waals surface area (Å²) >= 11 is 1.52. The Balaban J connectivity index is 2.39. The largest absolute Gasteiger partial charge is 0.396 e. The van der Waals surface area contributed by atoms with E-state index < -0.39 is 0 Å². The van der Waals surface area contributed by atoms with Gasteiger partial charge in [-0.2, -0.15) is 0 Å². The average molecular weight is 267 g/mol. The van der Waals surface area contributed by atoms with E-state index in [0.717, 1.165) is 4.90 Å². The molecular weight excluding hydrogens is 246 g/mol. The standard InChI is InChI=1S/C14H21NO2S/c1-11-4-6-12(7-5-11)18-10-13(17)15-14(2,3)8-9-16/h4-7,16H,8-10H2,1-3H3,(H,15,17). The fraction of sp³-hybridized carbons (Fsp3) is 0.500. The first kappa shape index (κ1) is 15.1. The molecule has 0 aromatic heterocycles. The van der Waals surface area contributed by atoms with Crippen LogP contribution in [0.4, 0.5) is 0 Å². The maximum atomic E-state index is 11.8. The lowest BCUT2D eigenvalue weighted by Crippen LogP contribution is -2.44. The lowest BCUT2D eigenvalue weighted by molar-refractivity contribution is -0.120. The van der Waals surface area contributed by atoms with E-state index >= 15 is 0 Å². The average Bonchev–Trinajstić information content (AvgIpc) is 2.27. The fourth-order valence-corrected chi connectivity index (χ4v) is 2.24. The maximum Gasteiger partial charge on any atom is 0.230 e. The van der Waals surface area contributed by atoms with E-state index in [1.807, 2.05) is 45.0 Å². The van der Waals surface area contributed by atoms with E-state index in [2.05, 4.69) is 5.32 Å². The van der Waals surface area contributed by atoms with Crippen LogP contribution in [0.15, 0.2) is 29.2 Å². The van der Waals surface area contributed by atoms with Gasteiger partial charge in [0.25, 0.3) is 0 Å². The van der Waals surface area contributed by atoms with Gasteiger partial charge in [0.1, 0.15) is 0 Å². The van der Waals surface area contributed by atoms with Gasteiger partial charge in [-0.25, -0.2) is 0 Å². The molecule has 0 spiro atoms. The summed E-state index contributed by atoms with van der Waals surface area (Å²) in [6, 6.07) is 8.12. The molecule has 1 aromatic rings. The van der Waals surface area contributed by atoms with Crippen molar-refractivity contribution in [3.63, 3.8) is 0 Å². The summed E-state index contributed by atoms with van der Waals surface area (Å²) in [5.41, 5.74) is 0.868. The van der Waals surface area contributed by atoms with Gasteiger partial charge >= 0.3 is 0 Å². The van der Waals surface area contributed by atoms with Crippen LogP contribution in [0.3, 0.4) is 0 Å². The zero-order chi connectivity index (χ0) is 13.6. The number of hydrogen-bond donors (Lipinski definition) is 2. The number of carbonyl (C=O) groups excluding carboxylic acids is 1. The Morgan fingerprint density at radius 1 is 1.33 bits per heavy atom. The first-order valence-corrected chi connectivity index (χ1v) is 7.03. The van der Waals surface area contributed by atoms with Gasteiger partial charge in [-0.3, -0.25) is 4.79 Å². The van der Waals surface area contributed by atoms with Crippen molar-refractivity contribution in [1.29, 1.82) is 0 Å². The molecule has 4 heteroatoms. The van der Waals surface area contributed by atoms with Crippen LogP contribution in [-0.2, 0) is 4.79 Å². The van der Waals surface area contributed by atoms with Crippen molar-refractivity contribution in [2.24, 2.45) is 0 Å². The molecule has 0 atom stereocenters. The van der Waals surface area contributed by atoms with Crippen molar-refractivity contribution in [2.45, 2.75) is 37.6 Å². The molecule has 3 nitrogen and oxygen atoms in total.